The topological polar surface area (TPSA) is 58.2 Å². The van der Waals surface area contributed by atoms with Crippen LogP contribution in [0, 0.1) is 0 Å². The van der Waals surface area contributed by atoms with E-state index in [9.17, 15) is 4.79 Å². The van der Waals surface area contributed by atoms with E-state index in [1.165, 1.54) is 0 Å². The van der Waals surface area contributed by atoms with Gasteiger partial charge in [-0.05, 0) is 49.4 Å². The maximum atomic E-state index is 13.7. The second-order valence-corrected chi connectivity index (χ2v) is 7.62. The number of carbonyl (C=O) groups is 1. The normalized spacial score (nSPS) is 22.3. The van der Waals surface area contributed by atoms with Gasteiger partial charge < -0.3 is 9.64 Å². The van der Waals surface area contributed by atoms with Gasteiger partial charge in [0.25, 0.3) is 0 Å². The van der Waals surface area contributed by atoms with E-state index in [1.54, 1.807) is 13.3 Å². The van der Waals surface area contributed by atoms with Crippen LogP contribution in [0.4, 0.5) is 0 Å². The Morgan fingerprint density at radius 3 is 2.62 bits per heavy atom. The fourth-order valence-electron chi connectivity index (χ4n) is 4.73. The number of hydrogen-bond donors (Lipinski definition) is 1. The van der Waals surface area contributed by atoms with E-state index >= 15 is 0 Å². The van der Waals surface area contributed by atoms with Crippen LogP contribution in [-0.4, -0.2) is 41.2 Å². The van der Waals surface area contributed by atoms with Crippen molar-refractivity contribution in [3.05, 3.63) is 47.8 Å². The molecule has 1 atom stereocenters. The highest BCUT2D eigenvalue weighted by Crippen LogP contribution is 2.44. The van der Waals surface area contributed by atoms with E-state index in [0.29, 0.717) is 11.8 Å². The highest BCUT2D eigenvalue weighted by molar-refractivity contribution is 5.89. The summed E-state index contributed by atoms with van der Waals surface area (Å²) in [6.45, 7) is 1.65. The lowest BCUT2D eigenvalue weighted by Gasteiger charge is -2.39. The minimum atomic E-state index is -0.359. The number of hydrogen-bond acceptors (Lipinski definition) is 3. The summed E-state index contributed by atoms with van der Waals surface area (Å²) in [5.41, 5.74) is 1.93. The molecule has 2 fully saturated rings. The van der Waals surface area contributed by atoms with Crippen LogP contribution in [0.3, 0.4) is 0 Å². The molecule has 0 bridgehead atoms. The van der Waals surface area contributed by atoms with Crippen LogP contribution >= 0.6 is 0 Å². The predicted octanol–water partition coefficient (Wildman–Crippen LogP) is 3.64. The van der Waals surface area contributed by atoms with Gasteiger partial charge in [-0.15, -0.1) is 0 Å². The van der Waals surface area contributed by atoms with Gasteiger partial charge in [0.05, 0.1) is 12.5 Å². The number of rotatable bonds is 4. The molecule has 1 aliphatic carbocycles. The van der Waals surface area contributed by atoms with Crippen molar-refractivity contribution in [2.75, 3.05) is 20.2 Å². The second-order valence-electron chi connectivity index (χ2n) is 7.62. The largest absolute Gasteiger partial charge is 0.497 e. The molecule has 0 radical (unpaired) electrons. The summed E-state index contributed by atoms with van der Waals surface area (Å²) in [6.07, 6.45) is 8.10. The smallest absolute Gasteiger partial charge is 0.233 e. The monoisotopic (exact) mass is 353 g/mol. The van der Waals surface area contributed by atoms with Gasteiger partial charge in [0.2, 0.25) is 5.91 Å². The first kappa shape index (κ1) is 17.1. The van der Waals surface area contributed by atoms with Crippen LogP contribution in [-0.2, 0) is 10.2 Å². The molecule has 138 valence electrons. The molecule has 4 rings (SSSR count). The van der Waals surface area contributed by atoms with Gasteiger partial charge in [-0.25, -0.2) is 0 Å². The molecule has 2 heterocycles. The molecule has 2 aromatic rings. The standard InChI is InChI=1S/C21H27N3O2/c1-26-18-8-6-17(7-9-18)21(11-2-3-12-21)20(25)24-14-4-5-16(15-24)19-10-13-22-23-19/h6-10,13,16H,2-5,11-12,14-15H2,1H3,(H,22,23)/t16-/m1/s1. The fourth-order valence-corrected chi connectivity index (χ4v) is 4.73. The third kappa shape index (κ3) is 3.00. The third-order valence-corrected chi connectivity index (χ3v) is 6.18. The molecule has 5 heteroatoms. The van der Waals surface area contributed by atoms with Crippen molar-refractivity contribution in [1.29, 1.82) is 0 Å². The Morgan fingerprint density at radius 2 is 1.96 bits per heavy atom. The quantitative estimate of drug-likeness (QED) is 0.913. The van der Waals surface area contributed by atoms with Gasteiger partial charge >= 0.3 is 0 Å². The van der Waals surface area contributed by atoms with Gasteiger partial charge in [0.15, 0.2) is 0 Å². The zero-order valence-corrected chi connectivity index (χ0v) is 15.4. The highest BCUT2D eigenvalue weighted by atomic mass is 16.5. The zero-order chi connectivity index (χ0) is 18.0. The summed E-state index contributed by atoms with van der Waals surface area (Å²) in [5, 5.41) is 7.17. The lowest BCUT2D eigenvalue weighted by atomic mass is 9.77. The van der Waals surface area contributed by atoms with Gasteiger partial charge in [0, 0.05) is 30.9 Å². The van der Waals surface area contributed by atoms with Crippen LogP contribution in [0.5, 0.6) is 5.75 Å². The molecule has 26 heavy (non-hydrogen) atoms. The van der Waals surface area contributed by atoms with Crippen molar-refractivity contribution in [1.82, 2.24) is 15.1 Å². The first-order chi connectivity index (χ1) is 12.7. The molecule has 1 saturated carbocycles. The molecule has 1 aliphatic heterocycles. The van der Waals surface area contributed by atoms with Crippen molar-refractivity contribution < 1.29 is 9.53 Å². The summed E-state index contributed by atoms with van der Waals surface area (Å²) in [7, 11) is 1.68. The molecular weight excluding hydrogens is 326 g/mol. The molecule has 5 nitrogen and oxygen atoms in total. The number of ether oxygens (including phenoxy) is 1. The molecule has 0 spiro atoms. The number of piperidine rings is 1. The Hall–Kier alpha value is -2.30. The number of nitrogens with one attached hydrogen (secondary N) is 1. The van der Waals surface area contributed by atoms with E-state index < -0.39 is 0 Å². The van der Waals surface area contributed by atoms with Crippen molar-refractivity contribution in [3.8, 4) is 5.75 Å². The van der Waals surface area contributed by atoms with E-state index in [-0.39, 0.29) is 5.41 Å². The van der Waals surface area contributed by atoms with Crippen LogP contribution in [0.25, 0.3) is 0 Å². The Kier molecular flexibility index (Phi) is 4.70. The molecule has 2 aliphatic rings. The molecule has 0 unspecified atom stereocenters. The van der Waals surface area contributed by atoms with Gasteiger partial charge in [-0.1, -0.05) is 25.0 Å². The van der Waals surface area contributed by atoms with Crippen LogP contribution < -0.4 is 4.74 Å². The zero-order valence-electron chi connectivity index (χ0n) is 15.4. The number of benzene rings is 1. The van der Waals surface area contributed by atoms with E-state index in [1.807, 2.05) is 18.2 Å². The van der Waals surface area contributed by atoms with E-state index in [2.05, 4.69) is 27.2 Å². The van der Waals surface area contributed by atoms with E-state index in [0.717, 1.165) is 68.6 Å². The second kappa shape index (κ2) is 7.14. The molecule has 1 aromatic carbocycles. The first-order valence-corrected chi connectivity index (χ1v) is 9.66. The van der Waals surface area contributed by atoms with Gasteiger partial charge in [0.1, 0.15) is 5.75 Å². The number of aromatic amines is 1. The number of aromatic nitrogens is 2. The highest BCUT2D eigenvalue weighted by Gasteiger charge is 2.45. The first-order valence-electron chi connectivity index (χ1n) is 9.66. The molecular formula is C21H27N3O2. The SMILES string of the molecule is COc1ccc(C2(C(=O)N3CCC[C@@H](c4ccn[nH]4)C3)CCCC2)cc1. The van der Waals surface area contributed by atoms with Crippen molar-refractivity contribution in [2.45, 2.75) is 49.9 Å². The number of H-pyrrole nitrogens is 1. The number of amides is 1. The van der Waals surface area contributed by atoms with Gasteiger partial charge in [-0.3, -0.25) is 9.89 Å². The lowest BCUT2D eigenvalue weighted by molar-refractivity contribution is -0.138. The van der Waals surface area contributed by atoms with Crippen LogP contribution in [0.15, 0.2) is 36.5 Å². The molecule has 1 saturated heterocycles. The average molecular weight is 353 g/mol. The van der Waals surface area contributed by atoms with Crippen LogP contribution in [0.1, 0.15) is 55.7 Å². The maximum Gasteiger partial charge on any atom is 0.233 e. The maximum absolute atomic E-state index is 13.7. The number of methoxy groups -OCH3 is 1. The Labute approximate surface area is 154 Å². The van der Waals surface area contributed by atoms with Crippen molar-refractivity contribution in [3.63, 3.8) is 0 Å². The van der Waals surface area contributed by atoms with E-state index in [4.69, 9.17) is 4.74 Å². The molecule has 1 N–H and O–H groups in total. The summed E-state index contributed by atoms with van der Waals surface area (Å²) in [5.74, 6) is 1.51. The minimum absolute atomic E-state index is 0.310. The summed E-state index contributed by atoms with van der Waals surface area (Å²) < 4.78 is 5.29. The summed E-state index contributed by atoms with van der Waals surface area (Å²) in [4.78, 5) is 15.8. The minimum Gasteiger partial charge on any atom is -0.497 e. The lowest BCUT2D eigenvalue weighted by Crippen LogP contribution is -2.49. The van der Waals surface area contributed by atoms with Gasteiger partial charge in [-0.2, -0.15) is 5.10 Å². The fraction of sp³-hybridized carbons (Fsp3) is 0.524. The Balaban J connectivity index is 1.58. The number of likely N-dealkylation sites (tertiary alicyclic amines) is 1. The van der Waals surface area contributed by atoms with Crippen molar-refractivity contribution >= 4 is 5.91 Å². The summed E-state index contributed by atoms with van der Waals surface area (Å²) >= 11 is 0. The Morgan fingerprint density at radius 1 is 1.19 bits per heavy atom. The third-order valence-electron chi connectivity index (χ3n) is 6.18. The molecule has 1 amide bonds. The summed E-state index contributed by atoms with van der Waals surface area (Å²) in [6, 6.07) is 10.2. The average Bonchev–Trinajstić information content (AvgIpc) is 3.40. The van der Waals surface area contributed by atoms with Crippen molar-refractivity contribution in [2.24, 2.45) is 0 Å². The predicted molar refractivity (Wildman–Crippen MR) is 100 cm³/mol. The number of carbonyl (C=O) groups excluding carboxylic acids is 1. The molecule has 1 aromatic heterocycles. The Bertz CT molecular complexity index is 733. The number of nitrogens with zero attached hydrogens (tertiary/aromatic N) is 2. The van der Waals surface area contributed by atoms with Crippen LogP contribution in [0.2, 0.25) is 0 Å².